The lowest BCUT2D eigenvalue weighted by atomic mass is 10.2. The van der Waals surface area contributed by atoms with Crippen molar-refractivity contribution in [2.45, 2.75) is 32.4 Å². The van der Waals surface area contributed by atoms with Crippen molar-refractivity contribution in [2.75, 3.05) is 17.2 Å². The van der Waals surface area contributed by atoms with Crippen LogP contribution < -0.4 is 16.0 Å². The van der Waals surface area contributed by atoms with Crippen LogP contribution in [0.15, 0.2) is 12.3 Å². The number of aryl methyl sites for hydroxylation is 1. The molecule has 0 radical (unpaired) electrons. The highest BCUT2D eigenvalue weighted by Crippen LogP contribution is 2.28. The van der Waals surface area contributed by atoms with Gasteiger partial charge in [0.05, 0.1) is 11.1 Å². The van der Waals surface area contributed by atoms with Gasteiger partial charge in [-0.05, 0) is 37.9 Å². The summed E-state index contributed by atoms with van der Waals surface area (Å²) in [7, 11) is 0. The molecule has 7 nitrogen and oxygen atoms in total. The number of nitrogens with zero attached hydrogens (tertiary/aromatic N) is 3. The number of anilines is 3. The Morgan fingerprint density at radius 1 is 1.38 bits per heavy atom. The van der Waals surface area contributed by atoms with Gasteiger partial charge in [-0.2, -0.15) is 14.3 Å². The summed E-state index contributed by atoms with van der Waals surface area (Å²) >= 11 is 1.34. The molecular formula is C15H18FN7S. The Morgan fingerprint density at radius 3 is 2.96 bits per heavy atom. The molecule has 4 N–H and O–H groups in total. The lowest BCUT2D eigenvalue weighted by Gasteiger charge is -2.14. The predicted octanol–water partition coefficient (Wildman–Crippen LogP) is 2.77. The molecule has 0 saturated carbocycles. The van der Waals surface area contributed by atoms with E-state index in [1.54, 1.807) is 0 Å². The monoisotopic (exact) mass is 347 g/mol. The van der Waals surface area contributed by atoms with Crippen molar-refractivity contribution in [1.82, 2.24) is 24.6 Å². The molecule has 1 saturated heterocycles. The Morgan fingerprint density at radius 2 is 2.25 bits per heavy atom. The number of nitrogens with one attached hydrogen (secondary N) is 4. The number of hydrogen-bond acceptors (Lipinski definition) is 7. The van der Waals surface area contributed by atoms with Gasteiger partial charge in [-0.1, -0.05) is 0 Å². The number of halogens is 1. The minimum absolute atomic E-state index is 0.214. The first kappa shape index (κ1) is 15.3. The quantitative estimate of drug-likeness (QED) is 0.580. The molecule has 9 heteroatoms. The smallest absolute Gasteiger partial charge is 0.231 e. The van der Waals surface area contributed by atoms with E-state index in [4.69, 9.17) is 0 Å². The zero-order chi connectivity index (χ0) is 16.7. The molecule has 24 heavy (non-hydrogen) atoms. The normalized spacial score (nSPS) is 20.6. The molecule has 1 aliphatic rings. The topological polar surface area (TPSA) is 90.6 Å². The fraction of sp³-hybridized carbons (Fsp3) is 0.400. The summed E-state index contributed by atoms with van der Waals surface area (Å²) in [4.78, 5) is 11.7. The first-order valence-electron chi connectivity index (χ1n) is 7.83. The standard InChI is InChI=1S/C15H18FN7S/c1-7-3-9(5-17-7)19-14-12-10(16)6-18-13(12)21-15(22-14)20-11-4-8(2)23-24-11/h4,6-7,9,17H,3,5H2,1-2H3,(H3,18,19,20,21,22)/t7-,9+/m0/s1. The van der Waals surface area contributed by atoms with Gasteiger partial charge in [0, 0.05) is 24.8 Å². The van der Waals surface area contributed by atoms with Crippen molar-refractivity contribution in [2.24, 2.45) is 0 Å². The number of fused-ring (bicyclic) bond motifs is 1. The zero-order valence-electron chi connectivity index (χ0n) is 13.4. The maximum Gasteiger partial charge on any atom is 0.231 e. The van der Waals surface area contributed by atoms with Gasteiger partial charge in [0.15, 0.2) is 5.82 Å². The second-order valence-electron chi connectivity index (χ2n) is 6.10. The van der Waals surface area contributed by atoms with E-state index in [1.165, 1.54) is 17.7 Å². The predicted molar refractivity (Wildman–Crippen MR) is 93.5 cm³/mol. The average Bonchev–Trinajstić information content (AvgIpc) is 3.22. The van der Waals surface area contributed by atoms with E-state index in [0.717, 1.165) is 23.7 Å². The van der Waals surface area contributed by atoms with Crippen LogP contribution in [0.5, 0.6) is 0 Å². The molecule has 3 aromatic heterocycles. The molecule has 0 aliphatic carbocycles. The van der Waals surface area contributed by atoms with Gasteiger partial charge < -0.3 is 20.9 Å². The molecule has 0 amide bonds. The van der Waals surface area contributed by atoms with Crippen LogP contribution in [0.25, 0.3) is 11.0 Å². The molecule has 1 fully saturated rings. The molecule has 1 aliphatic heterocycles. The van der Waals surface area contributed by atoms with Gasteiger partial charge in [-0.15, -0.1) is 0 Å². The first-order chi connectivity index (χ1) is 11.6. The fourth-order valence-corrected chi connectivity index (χ4v) is 3.58. The molecule has 2 atom stereocenters. The number of hydrogen-bond donors (Lipinski definition) is 4. The average molecular weight is 347 g/mol. The van der Waals surface area contributed by atoms with E-state index >= 15 is 0 Å². The summed E-state index contributed by atoms with van der Waals surface area (Å²) in [5, 5.41) is 11.1. The minimum Gasteiger partial charge on any atom is -0.365 e. The van der Waals surface area contributed by atoms with Crippen LogP contribution in [-0.4, -0.2) is 38.0 Å². The molecule has 0 aromatic carbocycles. The summed E-state index contributed by atoms with van der Waals surface area (Å²) in [5.74, 6) is 0.560. The van der Waals surface area contributed by atoms with Crippen LogP contribution in [0.2, 0.25) is 0 Å². The second kappa shape index (κ2) is 5.99. The van der Waals surface area contributed by atoms with E-state index < -0.39 is 0 Å². The molecule has 4 heterocycles. The highest BCUT2D eigenvalue weighted by Gasteiger charge is 2.23. The third-order valence-electron chi connectivity index (χ3n) is 4.04. The molecule has 4 rings (SSSR count). The van der Waals surface area contributed by atoms with Crippen molar-refractivity contribution in [3.63, 3.8) is 0 Å². The highest BCUT2D eigenvalue weighted by molar-refractivity contribution is 7.10. The van der Waals surface area contributed by atoms with Crippen LogP contribution in [0.4, 0.5) is 21.2 Å². The Hall–Kier alpha value is -2.26. The van der Waals surface area contributed by atoms with Gasteiger partial charge in [-0.25, -0.2) is 4.39 Å². The van der Waals surface area contributed by atoms with Crippen molar-refractivity contribution in [3.8, 4) is 0 Å². The van der Waals surface area contributed by atoms with Crippen molar-refractivity contribution >= 4 is 39.3 Å². The number of rotatable bonds is 4. The van der Waals surface area contributed by atoms with E-state index in [0.29, 0.717) is 28.8 Å². The SMILES string of the molecule is Cc1cc(Nc2nc(N[C@H]3CN[C@@H](C)C3)c3c(F)c[nH]c3n2)sn1. The van der Waals surface area contributed by atoms with Crippen molar-refractivity contribution < 1.29 is 4.39 Å². The largest absolute Gasteiger partial charge is 0.365 e. The van der Waals surface area contributed by atoms with E-state index in [2.05, 4.69) is 42.2 Å². The summed E-state index contributed by atoms with van der Waals surface area (Å²) in [6.45, 7) is 4.88. The number of H-pyrrole nitrogens is 1. The second-order valence-corrected chi connectivity index (χ2v) is 6.90. The molecular weight excluding hydrogens is 329 g/mol. The maximum absolute atomic E-state index is 14.1. The van der Waals surface area contributed by atoms with Gasteiger partial charge in [-0.3, -0.25) is 0 Å². The van der Waals surface area contributed by atoms with Gasteiger partial charge in [0.25, 0.3) is 0 Å². The fourth-order valence-electron chi connectivity index (χ4n) is 2.93. The number of aromatic nitrogens is 4. The Labute approximate surface area is 142 Å². The molecule has 0 bridgehead atoms. The minimum atomic E-state index is -0.355. The van der Waals surface area contributed by atoms with E-state index in [9.17, 15) is 4.39 Å². The van der Waals surface area contributed by atoms with Crippen molar-refractivity contribution in [1.29, 1.82) is 0 Å². The van der Waals surface area contributed by atoms with Gasteiger partial charge in [0.2, 0.25) is 5.95 Å². The third-order valence-corrected chi connectivity index (χ3v) is 4.83. The lowest BCUT2D eigenvalue weighted by molar-refractivity contribution is 0.639. The van der Waals surface area contributed by atoms with Crippen LogP contribution in [0.1, 0.15) is 19.0 Å². The number of aromatic amines is 1. The Kier molecular flexibility index (Phi) is 3.81. The van der Waals surface area contributed by atoms with Crippen LogP contribution in [0, 0.1) is 12.7 Å². The molecule has 0 unspecified atom stereocenters. The lowest BCUT2D eigenvalue weighted by Crippen LogP contribution is -2.23. The van der Waals surface area contributed by atoms with Crippen LogP contribution in [-0.2, 0) is 0 Å². The maximum atomic E-state index is 14.1. The van der Waals surface area contributed by atoms with E-state index in [1.807, 2.05) is 13.0 Å². The molecule has 3 aromatic rings. The van der Waals surface area contributed by atoms with Crippen molar-refractivity contribution in [3.05, 3.63) is 23.8 Å². The summed E-state index contributed by atoms with van der Waals surface area (Å²) in [6, 6.07) is 2.57. The molecule has 126 valence electrons. The van der Waals surface area contributed by atoms with Crippen LogP contribution >= 0.6 is 11.5 Å². The summed E-state index contributed by atoms with van der Waals surface area (Å²) < 4.78 is 18.3. The zero-order valence-corrected chi connectivity index (χ0v) is 14.2. The van der Waals surface area contributed by atoms with Crippen LogP contribution in [0.3, 0.4) is 0 Å². The Bertz CT molecular complexity index is 874. The first-order valence-corrected chi connectivity index (χ1v) is 8.60. The third kappa shape index (κ3) is 2.92. The van der Waals surface area contributed by atoms with E-state index in [-0.39, 0.29) is 11.9 Å². The summed E-state index contributed by atoms with van der Waals surface area (Å²) in [5.41, 5.74) is 1.40. The molecule has 0 spiro atoms. The van der Waals surface area contributed by atoms with Gasteiger partial charge >= 0.3 is 0 Å². The summed E-state index contributed by atoms with van der Waals surface area (Å²) in [6.07, 6.45) is 2.27. The van der Waals surface area contributed by atoms with Gasteiger partial charge in [0.1, 0.15) is 16.5 Å². The highest BCUT2D eigenvalue weighted by atomic mass is 32.1. The Balaban J connectivity index is 1.68.